The number of aryl methyl sites for hydroxylation is 2. The van der Waals surface area contributed by atoms with E-state index in [1.165, 1.54) is 17.0 Å². The van der Waals surface area contributed by atoms with Crippen molar-refractivity contribution < 1.29 is 23.5 Å². The van der Waals surface area contributed by atoms with Crippen molar-refractivity contribution in [2.75, 3.05) is 13.1 Å². The van der Waals surface area contributed by atoms with Crippen LogP contribution < -0.4 is 0 Å². The normalized spacial score (nSPS) is 20.4. The van der Waals surface area contributed by atoms with Gasteiger partial charge in [-0.2, -0.15) is 0 Å². The predicted molar refractivity (Wildman–Crippen MR) is 84.4 cm³/mol. The van der Waals surface area contributed by atoms with E-state index in [9.17, 15) is 19.1 Å². The maximum absolute atomic E-state index is 13.1. The number of hydrogen-bond acceptors (Lipinski definition) is 3. The van der Waals surface area contributed by atoms with E-state index in [1.807, 2.05) is 0 Å². The van der Waals surface area contributed by atoms with E-state index in [0.717, 1.165) is 5.56 Å². The van der Waals surface area contributed by atoms with Gasteiger partial charge in [0.15, 0.2) is 0 Å². The van der Waals surface area contributed by atoms with Gasteiger partial charge in [0.2, 0.25) is 0 Å². The molecular weight excluding hydrogens is 313 g/mol. The van der Waals surface area contributed by atoms with Crippen molar-refractivity contribution in [3.63, 3.8) is 0 Å². The summed E-state index contributed by atoms with van der Waals surface area (Å²) >= 11 is 0. The summed E-state index contributed by atoms with van der Waals surface area (Å²) in [5.74, 6) is -1.48. The molecule has 0 spiro atoms. The van der Waals surface area contributed by atoms with Gasteiger partial charge in [-0.1, -0.05) is 12.1 Å². The first kappa shape index (κ1) is 16.2. The van der Waals surface area contributed by atoms with E-state index in [1.54, 1.807) is 32.0 Å². The van der Waals surface area contributed by atoms with Crippen LogP contribution in [0.3, 0.4) is 0 Å². The molecule has 1 aliphatic rings. The number of hydrogen-bond donors (Lipinski definition) is 1. The molecule has 5 nitrogen and oxygen atoms in total. The van der Waals surface area contributed by atoms with Crippen molar-refractivity contribution in [3.05, 3.63) is 58.8 Å². The highest BCUT2D eigenvalue weighted by Crippen LogP contribution is 2.34. The third-order valence-corrected chi connectivity index (χ3v) is 4.49. The lowest BCUT2D eigenvalue weighted by Gasteiger charge is -2.16. The fourth-order valence-corrected chi connectivity index (χ4v) is 3.28. The summed E-state index contributed by atoms with van der Waals surface area (Å²) < 4.78 is 18.5. The number of amides is 1. The number of carbonyl (C=O) groups is 2. The zero-order chi connectivity index (χ0) is 17.4. The van der Waals surface area contributed by atoms with Crippen LogP contribution in [-0.2, 0) is 4.79 Å². The van der Waals surface area contributed by atoms with Crippen LogP contribution in [0.15, 0.2) is 34.7 Å². The zero-order valence-corrected chi connectivity index (χ0v) is 13.5. The quantitative estimate of drug-likeness (QED) is 0.938. The van der Waals surface area contributed by atoms with Crippen molar-refractivity contribution in [1.82, 2.24) is 4.90 Å². The van der Waals surface area contributed by atoms with Crippen molar-refractivity contribution in [3.8, 4) is 0 Å². The summed E-state index contributed by atoms with van der Waals surface area (Å²) in [6.07, 6.45) is 0. The fraction of sp³-hybridized carbons (Fsp3) is 0.333. The lowest BCUT2D eigenvalue weighted by molar-refractivity contribution is -0.141. The van der Waals surface area contributed by atoms with Gasteiger partial charge in [0.25, 0.3) is 5.91 Å². The number of nitrogens with zero attached hydrogens (tertiary/aromatic N) is 1. The first-order chi connectivity index (χ1) is 11.4. The Morgan fingerprint density at radius 2 is 1.88 bits per heavy atom. The Kier molecular flexibility index (Phi) is 4.13. The molecule has 1 aliphatic heterocycles. The Morgan fingerprint density at radius 3 is 2.42 bits per heavy atom. The second-order valence-corrected chi connectivity index (χ2v) is 6.14. The number of benzene rings is 1. The van der Waals surface area contributed by atoms with E-state index in [0.29, 0.717) is 17.1 Å². The minimum absolute atomic E-state index is 0.125. The third-order valence-electron chi connectivity index (χ3n) is 4.49. The van der Waals surface area contributed by atoms with Gasteiger partial charge in [-0.25, -0.2) is 4.39 Å². The Labute approximate surface area is 138 Å². The molecule has 3 rings (SSSR count). The summed E-state index contributed by atoms with van der Waals surface area (Å²) in [5, 5.41) is 9.50. The molecule has 2 heterocycles. The Morgan fingerprint density at radius 1 is 1.21 bits per heavy atom. The van der Waals surface area contributed by atoms with Gasteiger partial charge < -0.3 is 14.4 Å². The van der Waals surface area contributed by atoms with Crippen LogP contribution in [0.25, 0.3) is 0 Å². The third kappa shape index (κ3) is 2.91. The number of furan rings is 1. The number of carboxylic acids is 1. The summed E-state index contributed by atoms with van der Waals surface area (Å²) in [5.41, 5.74) is 1.18. The molecule has 126 valence electrons. The molecule has 0 aliphatic carbocycles. The molecular formula is C18H18FNO4. The monoisotopic (exact) mass is 331 g/mol. The second-order valence-electron chi connectivity index (χ2n) is 6.14. The van der Waals surface area contributed by atoms with Crippen LogP contribution in [0.4, 0.5) is 4.39 Å². The molecule has 0 radical (unpaired) electrons. The molecule has 2 aromatic rings. The summed E-state index contributed by atoms with van der Waals surface area (Å²) in [6.45, 7) is 3.88. The Balaban J connectivity index is 1.87. The molecule has 6 heteroatoms. The number of carbonyl (C=O) groups excluding carboxylic acids is 1. The van der Waals surface area contributed by atoms with Crippen molar-refractivity contribution in [1.29, 1.82) is 0 Å². The molecule has 0 saturated carbocycles. The number of rotatable bonds is 3. The Bertz CT molecular complexity index is 781. The van der Waals surface area contributed by atoms with Crippen LogP contribution in [0, 0.1) is 25.6 Å². The van der Waals surface area contributed by atoms with Gasteiger partial charge in [0.1, 0.15) is 17.3 Å². The number of likely N-dealkylation sites (tertiary alicyclic amines) is 1. The highest BCUT2D eigenvalue weighted by Gasteiger charge is 2.41. The fourth-order valence-electron chi connectivity index (χ4n) is 3.28. The minimum atomic E-state index is -0.959. The highest BCUT2D eigenvalue weighted by molar-refractivity contribution is 5.96. The largest absolute Gasteiger partial charge is 0.481 e. The number of halogens is 1. The summed E-state index contributed by atoms with van der Waals surface area (Å²) in [4.78, 5) is 25.8. The molecule has 2 atom stereocenters. The van der Waals surface area contributed by atoms with Gasteiger partial charge in [0, 0.05) is 19.0 Å². The Hall–Kier alpha value is -2.63. The van der Waals surface area contributed by atoms with Crippen molar-refractivity contribution in [2.45, 2.75) is 19.8 Å². The molecule has 1 fully saturated rings. The molecule has 0 unspecified atom stereocenters. The van der Waals surface area contributed by atoms with Crippen molar-refractivity contribution in [2.24, 2.45) is 5.92 Å². The second kappa shape index (κ2) is 6.11. The molecule has 1 N–H and O–H groups in total. The van der Waals surface area contributed by atoms with E-state index in [4.69, 9.17) is 4.42 Å². The van der Waals surface area contributed by atoms with E-state index < -0.39 is 11.9 Å². The molecule has 24 heavy (non-hydrogen) atoms. The first-order valence-corrected chi connectivity index (χ1v) is 7.71. The molecule has 1 saturated heterocycles. The van der Waals surface area contributed by atoms with Gasteiger partial charge in [-0.3, -0.25) is 9.59 Å². The average Bonchev–Trinajstić information content (AvgIpc) is 3.11. The highest BCUT2D eigenvalue weighted by atomic mass is 19.1. The lowest BCUT2D eigenvalue weighted by atomic mass is 9.89. The zero-order valence-electron chi connectivity index (χ0n) is 13.5. The summed E-state index contributed by atoms with van der Waals surface area (Å²) in [7, 11) is 0. The number of carboxylic acid groups (broad SMARTS) is 1. The smallest absolute Gasteiger partial charge is 0.308 e. The molecule has 1 aromatic heterocycles. The predicted octanol–water partition coefficient (Wildman–Crippen LogP) is 2.98. The van der Waals surface area contributed by atoms with E-state index >= 15 is 0 Å². The van der Waals surface area contributed by atoms with E-state index in [-0.39, 0.29) is 30.7 Å². The van der Waals surface area contributed by atoms with Gasteiger partial charge in [-0.15, -0.1) is 0 Å². The maximum atomic E-state index is 13.1. The van der Waals surface area contributed by atoms with Gasteiger partial charge in [-0.05, 0) is 37.6 Å². The van der Waals surface area contributed by atoms with Crippen LogP contribution in [0.2, 0.25) is 0 Å². The SMILES string of the molecule is Cc1cc(C(=O)N2C[C@H](C(=O)O)[C@@H](c3ccc(F)cc3)C2)c(C)o1. The lowest BCUT2D eigenvalue weighted by Crippen LogP contribution is -2.30. The van der Waals surface area contributed by atoms with Crippen molar-refractivity contribution >= 4 is 11.9 Å². The van der Waals surface area contributed by atoms with Crippen LogP contribution in [-0.4, -0.2) is 35.0 Å². The van der Waals surface area contributed by atoms with Crippen LogP contribution >= 0.6 is 0 Å². The van der Waals surface area contributed by atoms with E-state index in [2.05, 4.69) is 0 Å². The maximum Gasteiger partial charge on any atom is 0.308 e. The summed E-state index contributed by atoms with van der Waals surface area (Å²) in [6, 6.07) is 7.44. The average molecular weight is 331 g/mol. The van der Waals surface area contributed by atoms with Crippen LogP contribution in [0.1, 0.15) is 33.4 Å². The standard InChI is InChI=1S/C18H18FNO4/c1-10-7-14(11(2)24-10)17(21)20-8-15(16(9-20)18(22)23)12-3-5-13(19)6-4-12/h3-7,15-16H,8-9H2,1-2H3,(H,22,23)/t15-,16+/m1/s1. The molecule has 1 amide bonds. The first-order valence-electron chi connectivity index (χ1n) is 7.71. The van der Waals surface area contributed by atoms with Crippen LogP contribution in [0.5, 0.6) is 0 Å². The molecule has 1 aromatic carbocycles. The number of aliphatic carboxylic acids is 1. The molecule has 0 bridgehead atoms. The topological polar surface area (TPSA) is 70.8 Å². The minimum Gasteiger partial charge on any atom is -0.481 e. The van der Waals surface area contributed by atoms with Gasteiger partial charge >= 0.3 is 5.97 Å². The van der Waals surface area contributed by atoms with Gasteiger partial charge in [0.05, 0.1) is 11.5 Å².